The van der Waals surface area contributed by atoms with Crippen molar-refractivity contribution in [3.63, 3.8) is 0 Å². The number of benzene rings is 1. The first kappa shape index (κ1) is 20.5. The number of fused-ring (bicyclic) bond motifs is 1. The zero-order valence-corrected chi connectivity index (χ0v) is 16.6. The van der Waals surface area contributed by atoms with Gasteiger partial charge in [0.2, 0.25) is 5.96 Å². The van der Waals surface area contributed by atoms with E-state index < -0.39 is 11.7 Å². The van der Waals surface area contributed by atoms with Crippen LogP contribution >= 0.6 is 0 Å². The molecule has 1 saturated heterocycles. The summed E-state index contributed by atoms with van der Waals surface area (Å²) in [5, 5.41) is 12.6. The molecule has 1 aliphatic rings. The van der Waals surface area contributed by atoms with Gasteiger partial charge < -0.3 is 14.8 Å². The molecule has 8 nitrogen and oxygen atoms in total. The van der Waals surface area contributed by atoms with Crippen molar-refractivity contribution in [1.82, 2.24) is 25.2 Å². The van der Waals surface area contributed by atoms with Crippen molar-refractivity contribution in [2.45, 2.75) is 13.1 Å². The standard InChI is InChI=1S/C20H19F3N8/c1-13-10-25-17-16(13)18(28-12-27-17)30-5-7-31(8-6-30)19(26-11-24)29-15-4-2-3-14(9-15)20(21,22)23/h2-4,9-10,12H,5-8H2,1H3,(H,26,29)(H,25,27,28). The second kappa shape index (κ2) is 8.14. The van der Waals surface area contributed by atoms with Gasteiger partial charge >= 0.3 is 6.18 Å². The van der Waals surface area contributed by atoms with Crippen molar-refractivity contribution in [1.29, 1.82) is 5.26 Å². The first-order valence-corrected chi connectivity index (χ1v) is 9.56. The molecule has 0 atom stereocenters. The van der Waals surface area contributed by atoms with Gasteiger partial charge in [-0.3, -0.25) is 5.32 Å². The van der Waals surface area contributed by atoms with Crippen molar-refractivity contribution in [2.75, 3.05) is 31.1 Å². The molecule has 11 heteroatoms. The molecule has 0 unspecified atom stereocenters. The monoisotopic (exact) mass is 428 g/mol. The highest BCUT2D eigenvalue weighted by molar-refractivity contribution is 5.91. The van der Waals surface area contributed by atoms with E-state index in [4.69, 9.17) is 5.26 Å². The minimum atomic E-state index is -4.46. The van der Waals surface area contributed by atoms with E-state index in [1.165, 1.54) is 18.5 Å². The number of halogens is 3. The summed E-state index contributed by atoms with van der Waals surface area (Å²) in [5.41, 5.74) is 1.15. The van der Waals surface area contributed by atoms with Crippen molar-refractivity contribution in [3.05, 3.63) is 47.9 Å². The predicted molar refractivity (Wildman–Crippen MR) is 110 cm³/mol. The largest absolute Gasteiger partial charge is 0.416 e. The van der Waals surface area contributed by atoms with Crippen molar-refractivity contribution in [2.24, 2.45) is 4.99 Å². The van der Waals surface area contributed by atoms with E-state index in [-0.39, 0.29) is 11.6 Å². The van der Waals surface area contributed by atoms with Gasteiger partial charge in [0.15, 0.2) is 6.19 Å². The van der Waals surface area contributed by atoms with E-state index in [1.807, 2.05) is 24.2 Å². The van der Waals surface area contributed by atoms with Crippen LogP contribution < -0.4 is 10.2 Å². The Morgan fingerprint density at radius 1 is 1.23 bits per heavy atom. The number of nitrogens with zero attached hydrogens (tertiary/aromatic N) is 6. The molecular formula is C20H19F3N8. The number of nitrogens with one attached hydrogen (secondary N) is 2. The van der Waals surface area contributed by atoms with Crippen LogP contribution in [-0.4, -0.2) is 52.0 Å². The SMILES string of the molecule is Cc1c[nH]c2ncnc(N3CCN(C(=Nc4cccc(C(F)(F)F)c4)NC#N)CC3)c12. The Bertz CT molecular complexity index is 1150. The Morgan fingerprint density at radius 3 is 2.71 bits per heavy atom. The average molecular weight is 428 g/mol. The number of nitriles is 1. The Kier molecular flexibility index (Phi) is 5.37. The number of aromatic amines is 1. The van der Waals surface area contributed by atoms with E-state index >= 15 is 0 Å². The minimum absolute atomic E-state index is 0.121. The van der Waals surface area contributed by atoms with Gasteiger partial charge in [-0.2, -0.15) is 18.4 Å². The Balaban J connectivity index is 1.54. The molecular weight excluding hydrogens is 409 g/mol. The molecule has 0 bridgehead atoms. The van der Waals surface area contributed by atoms with Gasteiger partial charge in [0.25, 0.3) is 0 Å². The van der Waals surface area contributed by atoms with Crippen molar-refractivity contribution in [3.8, 4) is 6.19 Å². The molecule has 0 saturated carbocycles. The Morgan fingerprint density at radius 2 is 2.00 bits per heavy atom. The highest BCUT2D eigenvalue weighted by atomic mass is 19.4. The van der Waals surface area contributed by atoms with Crippen LogP contribution in [0.2, 0.25) is 0 Å². The Labute approximate surface area is 176 Å². The molecule has 160 valence electrons. The third-order valence-corrected chi connectivity index (χ3v) is 5.10. The van der Waals surface area contributed by atoms with Gasteiger partial charge in [-0.25, -0.2) is 15.0 Å². The van der Waals surface area contributed by atoms with Gasteiger partial charge in [0.05, 0.1) is 16.6 Å². The molecule has 2 N–H and O–H groups in total. The molecule has 0 spiro atoms. The van der Waals surface area contributed by atoms with Crippen LogP contribution in [-0.2, 0) is 6.18 Å². The highest BCUT2D eigenvalue weighted by Gasteiger charge is 2.30. The second-order valence-electron chi connectivity index (χ2n) is 7.09. The molecule has 1 aliphatic heterocycles. The maximum absolute atomic E-state index is 13.0. The summed E-state index contributed by atoms with van der Waals surface area (Å²) in [6.07, 6.45) is 0.755. The molecule has 0 amide bonds. The third kappa shape index (κ3) is 4.23. The lowest BCUT2D eigenvalue weighted by molar-refractivity contribution is -0.137. The van der Waals surface area contributed by atoms with Gasteiger partial charge in [-0.05, 0) is 30.7 Å². The summed E-state index contributed by atoms with van der Waals surface area (Å²) in [7, 11) is 0. The first-order valence-electron chi connectivity index (χ1n) is 9.56. The van der Waals surface area contributed by atoms with E-state index in [1.54, 1.807) is 0 Å². The minimum Gasteiger partial charge on any atom is -0.352 e. The average Bonchev–Trinajstić information content (AvgIpc) is 3.14. The molecule has 0 aliphatic carbocycles. The number of aromatic nitrogens is 3. The topological polar surface area (TPSA) is 96.2 Å². The third-order valence-electron chi connectivity index (χ3n) is 5.10. The molecule has 4 rings (SSSR count). The van der Waals surface area contributed by atoms with E-state index in [0.717, 1.165) is 34.5 Å². The zero-order chi connectivity index (χ0) is 22.0. The smallest absolute Gasteiger partial charge is 0.352 e. The lowest BCUT2D eigenvalue weighted by Crippen LogP contribution is -2.52. The fraction of sp³-hybridized carbons (Fsp3) is 0.300. The fourth-order valence-electron chi connectivity index (χ4n) is 3.57. The van der Waals surface area contributed by atoms with E-state index in [9.17, 15) is 13.2 Å². The van der Waals surface area contributed by atoms with Crippen LogP contribution in [0.25, 0.3) is 11.0 Å². The molecule has 3 aromatic rings. The molecule has 1 fully saturated rings. The number of aryl methyl sites for hydroxylation is 1. The number of H-pyrrole nitrogens is 1. The van der Waals surface area contributed by atoms with E-state index in [0.29, 0.717) is 26.2 Å². The number of piperazine rings is 1. The maximum atomic E-state index is 13.0. The van der Waals surface area contributed by atoms with Crippen LogP contribution in [0.4, 0.5) is 24.7 Å². The summed E-state index contributed by atoms with van der Waals surface area (Å²) in [6, 6.07) is 4.71. The van der Waals surface area contributed by atoms with Crippen molar-refractivity contribution < 1.29 is 13.2 Å². The highest BCUT2D eigenvalue weighted by Crippen LogP contribution is 2.31. The quantitative estimate of drug-likeness (QED) is 0.282. The van der Waals surface area contributed by atoms with Crippen LogP contribution in [0.1, 0.15) is 11.1 Å². The van der Waals surface area contributed by atoms with Gasteiger partial charge in [0, 0.05) is 32.4 Å². The van der Waals surface area contributed by atoms with Crippen LogP contribution in [0.3, 0.4) is 0 Å². The maximum Gasteiger partial charge on any atom is 0.416 e. The molecule has 31 heavy (non-hydrogen) atoms. The van der Waals surface area contributed by atoms with E-state index in [2.05, 4.69) is 30.2 Å². The molecule has 3 heterocycles. The first-order chi connectivity index (χ1) is 14.9. The number of alkyl halides is 3. The normalized spacial score (nSPS) is 15.3. The molecule has 2 aromatic heterocycles. The zero-order valence-electron chi connectivity index (χ0n) is 16.6. The summed E-state index contributed by atoms with van der Waals surface area (Å²) in [5.74, 6) is 1.04. The van der Waals surface area contributed by atoms with Gasteiger partial charge in [-0.1, -0.05) is 6.07 Å². The number of hydrogen-bond donors (Lipinski definition) is 2. The molecule has 0 radical (unpaired) electrons. The number of anilines is 1. The number of guanidine groups is 1. The predicted octanol–water partition coefficient (Wildman–Crippen LogP) is 3.17. The number of hydrogen-bond acceptors (Lipinski definition) is 5. The van der Waals surface area contributed by atoms with Crippen molar-refractivity contribution >= 4 is 28.5 Å². The second-order valence-corrected chi connectivity index (χ2v) is 7.09. The summed E-state index contributed by atoms with van der Waals surface area (Å²) >= 11 is 0. The van der Waals surface area contributed by atoms with Gasteiger partial charge in [0.1, 0.15) is 17.8 Å². The molecule has 1 aromatic carbocycles. The summed E-state index contributed by atoms with van der Waals surface area (Å²) in [6.45, 7) is 4.22. The van der Waals surface area contributed by atoms with Crippen LogP contribution in [0, 0.1) is 18.4 Å². The lowest BCUT2D eigenvalue weighted by atomic mass is 10.2. The lowest BCUT2D eigenvalue weighted by Gasteiger charge is -2.36. The van der Waals surface area contributed by atoms with Crippen LogP contribution in [0.15, 0.2) is 41.8 Å². The van der Waals surface area contributed by atoms with Gasteiger partial charge in [-0.15, -0.1) is 0 Å². The summed E-state index contributed by atoms with van der Waals surface area (Å²) < 4.78 is 38.9. The Hall–Kier alpha value is -3.81. The fourth-order valence-corrected chi connectivity index (χ4v) is 3.57. The number of rotatable bonds is 2. The number of aliphatic imine (C=N–C) groups is 1. The van der Waals surface area contributed by atoms with Crippen LogP contribution in [0.5, 0.6) is 0 Å². The summed E-state index contributed by atoms with van der Waals surface area (Å²) in [4.78, 5) is 20.0.